The maximum absolute atomic E-state index is 6.28. The molecule has 0 fully saturated rings. The average molecular weight is 264 g/mol. The van der Waals surface area contributed by atoms with Crippen molar-refractivity contribution in [3.63, 3.8) is 0 Å². The fourth-order valence-electron chi connectivity index (χ4n) is 2.20. The highest BCUT2D eigenvalue weighted by Crippen LogP contribution is 2.26. The second-order valence-corrected chi connectivity index (χ2v) is 4.90. The lowest BCUT2D eigenvalue weighted by Crippen LogP contribution is -2.16. The molecule has 0 aliphatic rings. The van der Waals surface area contributed by atoms with Crippen LogP contribution in [-0.4, -0.2) is 16.3 Å². The highest BCUT2D eigenvalue weighted by Gasteiger charge is 2.17. The van der Waals surface area contributed by atoms with Gasteiger partial charge in [0.1, 0.15) is 0 Å². The van der Waals surface area contributed by atoms with E-state index in [0.29, 0.717) is 6.54 Å². The summed E-state index contributed by atoms with van der Waals surface area (Å²) in [6, 6.07) is 10.3. The zero-order valence-electron chi connectivity index (χ0n) is 10.7. The van der Waals surface area contributed by atoms with E-state index in [1.54, 1.807) is 0 Å². The average Bonchev–Trinajstić information content (AvgIpc) is 2.62. The van der Waals surface area contributed by atoms with Crippen molar-refractivity contribution in [1.82, 2.24) is 9.78 Å². The summed E-state index contributed by atoms with van der Waals surface area (Å²) in [6.45, 7) is 2.52. The molecule has 0 spiro atoms. The number of hydrogen-bond acceptors (Lipinski definition) is 2. The first-order chi connectivity index (χ1) is 8.63. The third-order valence-electron chi connectivity index (χ3n) is 3.26. The van der Waals surface area contributed by atoms with Gasteiger partial charge in [0.05, 0.1) is 16.4 Å². The number of halogens is 1. The van der Waals surface area contributed by atoms with E-state index in [1.165, 1.54) is 5.56 Å². The Bertz CT molecular complexity index is 519. The molecule has 0 amide bonds. The van der Waals surface area contributed by atoms with Crippen LogP contribution in [0.3, 0.4) is 0 Å². The van der Waals surface area contributed by atoms with Gasteiger partial charge in [0.15, 0.2) is 0 Å². The highest BCUT2D eigenvalue weighted by atomic mass is 35.5. The molecule has 0 saturated heterocycles. The smallest absolute Gasteiger partial charge is 0.0847 e. The molecule has 0 radical (unpaired) electrons. The normalized spacial score (nSPS) is 12.7. The van der Waals surface area contributed by atoms with Gasteiger partial charge in [0.2, 0.25) is 0 Å². The van der Waals surface area contributed by atoms with Crippen molar-refractivity contribution in [2.75, 3.05) is 6.54 Å². The quantitative estimate of drug-likeness (QED) is 0.922. The molecule has 96 valence electrons. The maximum atomic E-state index is 6.28. The maximum Gasteiger partial charge on any atom is 0.0847 e. The summed E-state index contributed by atoms with van der Waals surface area (Å²) < 4.78 is 1.85. The molecule has 0 aliphatic carbocycles. The van der Waals surface area contributed by atoms with Gasteiger partial charge in [-0.3, -0.25) is 4.68 Å². The molecular formula is C14H18ClN3. The summed E-state index contributed by atoms with van der Waals surface area (Å²) >= 11 is 6.28. The van der Waals surface area contributed by atoms with Crippen LogP contribution < -0.4 is 5.73 Å². The van der Waals surface area contributed by atoms with Gasteiger partial charge in [0, 0.05) is 13.0 Å². The van der Waals surface area contributed by atoms with Crippen LogP contribution in [-0.2, 0) is 13.5 Å². The summed E-state index contributed by atoms with van der Waals surface area (Å²) in [4.78, 5) is 0. The van der Waals surface area contributed by atoms with Crippen molar-refractivity contribution < 1.29 is 0 Å². The van der Waals surface area contributed by atoms with Gasteiger partial charge in [-0.25, -0.2) is 0 Å². The van der Waals surface area contributed by atoms with Crippen LogP contribution in [0, 0.1) is 6.92 Å². The van der Waals surface area contributed by atoms with Crippen molar-refractivity contribution in [3.05, 3.63) is 52.3 Å². The lowest BCUT2D eigenvalue weighted by atomic mass is 9.94. The van der Waals surface area contributed by atoms with Crippen molar-refractivity contribution in [2.45, 2.75) is 19.3 Å². The van der Waals surface area contributed by atoms with Crippen LogP contribution in [0.25, 0.3) is 0 Å². The standard InChI is InChI=1S/C14H18ClN3/c1-10-14(15)13(18(2)17-10)8-12(9-16)11-6-4-3-5-7-11/h3-7,12H,8-9,16H2,1-2H3. The zero-order valence-corrected chi connectivity index (χ0v) is 11.5. The van der Waals surface area contributed by atoms with Crippen LogP contribution in [0.2, 0.25) is 5.02 Å². The Hall–Kier alpha value is -1.32. The Labute approximate surface area is 113 Å². The predicted molar refractivity (Wildman–Crippen MR) is 74.9 cm³/mol. The number of aryl methyl sites for hydroxylation is 2. The van der Waals surface area contributed by atoms with E-state index < -0.39 is 0 Å². The third kappa shape index (κ3) is 2.57. The molecule has 0 saturated carbocycles. The molecule has 3 nitrogen and oxygen atoms in total. The minimum Gasteiger partial charge on any atom is -0.330 e. The summed E-state index contributed by atoms with van der Waals surface area (Å²) in [6.07, 6.45) is 0.816. The van der Waals surface area contributed by atoms with Crippen molar-refractivity contribution in [2.24, 2.45) is 12.8 Å². The molecule has 1 aromatic carbocycles. The Morgan fingerprint density at radius 2 is 2.00 bits per heavy atom. The zero-order chi connectivity index (χ0) is 13.1. The Morgan fingerprint density at radius 1 is 1.33 bits per heavy atom. The minimum absolute atomic E-state index is 0.276. The van der Waals surface area contributed by atoms with Gasteiger partial charge < -0.3 is 5.73 Å². The second-order valence-electron chi connectivity index (χ2n) is 4.52. The Morgan fingerprint density at radius 3 is 2.50 bits per heavy atom. The molecule has 18 heavy (non-hydrogen) atoms. The number of nitrogens with two attached hydrogens (primary N) is 1. The first kappa shape index (κ1) is 13.1. The molecule has 0 aliphatic heterocycles. The van der Waals surface area contributed by atoms with E-state index in [0.717, 1.165) is 22.8 Å². The lowest BCUT2D eigenvalue weighted by Gasteiger charge is -2.15. The monoisotopic (exact) mass is 263 g/mol. The third-order valence-corrected chi connectivity index (χ3v) is 3.75. The highest BCUT2D eigenvalue weighted by molar-refractivity contribution is 6.31. The van der Waals surface area contributed by atoms with Gasteiger partial charge in [0.25, 0.3) is 0 Å². The second kappa shape index (κ2) is 5.55. The van der Waals surface area contributed by atoms with Gasteiger partial charge in [-0.2, -0.15) is 5.10 Å². The van der Waals surface area contributed by atoms with E-state index in [-0.39, 0.29) is 5.92 Å². The van der Waals surface area contributed by atoms with Gasteiger partial charge >= 0.3 is 0 Å². The molecule has 1 aromatic heterocycles. The molecule has 2 N–H and O–H groups in total. The van der Waals surface area contributed by atoms with Crippen LogP contribution >= 0.6 is 11.6 Å². The van der Waals surface area contributed by atoms with E-state index in [1.807, 2.05) is 36.9 Å². The summed E-state index contributed by atoms with van der Waals surface area (Å²) in [5.41, 5.74) is 9.05. The fraction of sp³-hybridized carbons (Fsp3) is 0.357. The number of aromatic nitrogens is 2. The summed E-state index contributed by atoms with van der Waals surface area (Å²) in [5, 5.41) is 5.09. The molecular weight excluding hydrogens is 246 g/mol. The Balaban J connectivity index is 2.26. The molecule has 1 heterocycles. The van der Waals surface area contributed by atoms with Crippen molar-refractivity contribution in [1.29, 1.82) is 0 Å². The number of benzene rings is 1. The predicted octanol–water partition coefficient (Wildman–Crippen LogP) is 2.67. The number of hydrogen-bond donors (Lipinski definition) is 1. The van der Waals surface area contributed by atoms with Crippen LogP contribution in [0.1, 0.15) is 22.9 Å². The van der Waals surface area contributed by atoms with E-state index in [9.17, 15) is 0 Å². The van der Waals surface area contributed by atoms with Crippen LogP contribution in [0.15, 0.2) is 30.3 Å². The van der Waals surface area contributed by atoms with Crippen LogP contribution in [0.5, 0.6) is 0 Å². The van der Waals surface area contributed by atoms with E-state index >= 15 is 0 Å². The SMILES string of the molecule is Cc1nn(C)c(CC(CN)c2ccccc2)c1Cl. The van der Waals surface area contributed by atoms with Gasteiger partial charge in [-0.15, -0.1) is 0 Å². The van der Waals surface area contributed by atoms with Gasteiger partial charge in [-0.05, 0) is 25.5 Å². The number of nitrogens with zero attached hydrogens (tertiary/aromatic N) is 2. The van der Waals surface area contributed by atoms with Crippen molar-refractivity contribution in [3.8, 4) is 0 Å². The molecule has 4 heteroatoms. The fourth-order valence-corrected chi connectivity index (χ4v) is 2.43. The largest absolute Gasteiger partial charge is 0.330 e. The molecule has 2 aromatic rings. The molecule has 2 rings (SSSR count). The number of rotatable bonds is 4. The van der Waals surface area contributed by atoms with Gasteiger partial charge in [-0.1, -0.05) is 41.9 Å². The van der Waals surface area contributed by atoms with Crippen molar-refractivity contribution >= 4 is 11.6 Å². The summed E-state index contributed by atoms with van der Waals surface area (Å²) in [7, 11) is 1.92. The van der Waals surface area contributed by atoms with E-state index in [2.05, 4.69) is 17.2 Å². The van der Waals surface area contributed by atoms with Crippen LogP contribution in [0.4, 0.5) is 0 Å². The Kier molecular flexibility index (Phi) is 4.04. The first-order valence-electron chi connectivity index (χ1n) is 6.06. The molecule has 0 bridgehead atoms. The molecule has 1 atom stereocenters. The topological polar surface area (TPSA) is 43.8 Å². The summed E-state index contributed by atoms with van der Waals surface area (Å²) in [5.74, 6) is 0.276. The first-order valence-corrected chi connectivity index (χ1v) is 6.44. The minimum atomic E-state index is 0.276. The molecule has 1 unspecified atom stereocenters. The van der Waals surface area contributed by atoms with E-state index in [4.69, 9.17) is 17.3 Å². The lowest BCUT2D eigenvalue weighted by molar-refractivity contribution is 0.629.